The number of rotatable bonds is 6. The minimum atomic E-state index is 0.772. The average molecular weight is 222 g/mol. The van der Waals surface area contributed by atoms with Crippen LogP contribution in [-0.2, 0) is 13.0 Å². The third-order valence-corrected chi connectivity index (χ3v) is 3.33. The summed E-state index contributed by atoms with van der Waals surface area (Å²) in [6.45, 7) is 7.66. The van der Waals surface area contributed by atoms with Gasteiger partial charge >= 0.3 is 0 Å². The van der Waals surface area contributed by atoms with E-state index >= 15 is 0 Å². The molecule has 1 N–H and O–H groups in total. The smallest absolute Gasteiger partial charge is 0.133 e. The molecule has 0 aliphatic carbocycles. The van der Waals surface area contributed by atoms with E-state index in [1.54, 1.807) is 0 Å². The van der Waals surface area contributed by atoms with Gasteiger partial charge in [0, 0.05) is 13.0 Å². The van der Waals surface area contributed by atoms with Crippen LogP contribution in [0.3, 0.4) is 0 Å². The highest BCUT2D eigenvalue weighted by atomic mass is 15.3. The van der Waals surface area contributed by atoms with Gasteiger partial charge in [0.1, 0.15) is 11.6 Å². The Balaban J connectivity index is 1.94. The number of aryl methyl sites for hydroxylation is 1. The Labute approximate surface area is 97.5 Å². The quantitative estimate of drug-likeness (QED) is 0.742. The van der Waals surface area contributed by atoms with Crippen molar-refractivity contribution in [3.63, 3.8) is 0 Å². The van der Waals surface area contributed by atoms with Gasteiger partial charge in [0.05, 0.1) is 0 Å². The molecule has 0 spiro atoms. The second-order valence-electron chi connectivity index (χ2n) is 4.75. The van der Waals surface area contributed by atoms with Crippen LogP contribution in [0.5, 0.6) is 0 Å². The zero-order valence-electron chi connectivity index (χ0n) is 10.4. The van der Waals surface area contributed by atoms with Crippen molar-refractivity contribution in [2.24, 2.45) is 5.92 Å². The summed E-state index contributed by atoms with van der Waals surface area (Å²) in [5.74, 6) is 3.02. The summed E-state index contributed by atoms with van der Waals surface area (Å²) in [6.07, 6.45) is 4.89. The van der Waals surface area contributed by atoms with Gasteiger partial charge < -0.3 is 9.88 Å². The van der Waals surface area contributed by atoms with E-state index in [1.807, 2.05) is 0 Å². The van der Waals surface area contributed by atoms with Crippen LogP contribution in [0.15, 0.2) is 0 Å². The van der Waals surface area contributed by atoms with Crippen LogP contribution >= 0.6 is 0 Å². The lowest BCUT2D eigenvalue weighted by molar-refractivity contribution is 0.336. The van der Waals surface area contributed by atoms with E-state index < -0.39 is 0 Å². The number of nitrogens with one attached hydrogen (secondary N) is 1. The molecule has 0 aromatic carbocycles. The van der Waals surface area contributed by atoms with Gasteiger partial charge in [0.25, 0.3) is 0 Å². The van der Waals surface area contributed by atoms with Crippen LogP contribution in [-0.4, -0.2) is 27.9 Å². The van der Waals surface area contributed by atoms with E-state index in [-0.39, 0.29) is 0 Å². The minimum Gasteiger partial charge on any atom is -0.316 e. The summed E-state index contributed by atoms with van der Waals surface area (Å²) in [5.41, 5.74) is 0. The number of aromatic nitrogens is 3. The van der Waals surface area contributed by atoms with Gasteiger partial charge in [-0.3, -0.25) is 0 Å². The Morgan fingerprint density at radius 2 is 2.12 bits per heavy atom. The highest BCUT2D eigenvalue weighted by molar-refractivity contribution is 4.97. The monoisotopic (exact) mass is 222 g/mol. The highest BCUT2D eigenvalue weighted by Gasteiger charge is 2.20. The molecule has 0 amide bonds. The van der Waals surface area contributed by atoms with Gasteiger partial charge in [0.15, 0.2) is 0 Å². The summed E-state index contributed by atoms with van der Waals surface area (Å²) in [7, 11) is 0. The SMILES string of the molecule is CCCCCn1c(C)nnc1CC1CNC1. The molecule has 1 aliphatic heterocycles. The molecule has 4 nitrogen and oxygen atoms in total. The summed E-state index contributed by atoms with van der Waals surface area (Å²) >= 11 is 0. The zero-order valence-corrected chi connectivity index (χ0v) is 10.4. The van der Waals surface area contributed by atoms with E-state index in [4.69, 9.17) is 0 Å². The molecule has 0 unspecified atom stereocenters. The molecule has 2 heterocycles. The van der Waals surface area contributed by atoms with Crippen molar-refractivity contribution in [1.82, 2.24) is 20.1 Å². The Hall–Kier alpha value is -0.900. The van der Waals surface area contributed by atoms with E-state index in [0.29, 0.717) is 0 Å². The maximum atomic E-state index is 4.30. The van der Waals surface area contributed by atoms with Gasteiger partial charge in [-0.2, -0.15) is 0 Å². The topological polar surface area (TPSA) is 42.7 Å². The maximum absolute atomic E-state index is 4.30. The number of unbranched alkanes of at least 4 members (excludes halogenated alkanes) is 2. The highest BCUT2D eigenvalue weighted by Crippen LogP contribution is 2.13. The predicted octanol–water partition coefficient (Wildman–Crippen LogP) is 1.54. The van der Waals surface area contributed by atoms with Crippen molar-refractivity contribution in [2.45, 2.75) is 46.1 Å². The fourth-order valence-electron chi connectivity index (χ4n) is 2.14. The molecule has 1 aliphatic rings. The molecule has 0 saturated carbocycles. The van der Waals surface area contributed by atoms with Crippen molar-refractivity contribution in [3.05, 3.63) is 11.6 Å². The van der Waals surface area contributed by atoms with Crippen molar-refractivity contribution < 1.29 is 0 Å². The van der Waals surface area contributed by atoms with E-state index in [9.17, 15) is 0 Å². The number of nitrogens with zero attached hydrogens (tertiary/aromatic N) is 3. The van der Waals surface area contributed by atoms with Gasteiger partial charge in [-0.25, -0.2) is 0 Å². The summed E-state index contributed by atoms with van der Waals surface area (Å²) in [4.78, 5) is 0. The molecular formula is C12H22N4. The Morgan fingerprint density at radius 1 is 1.31 bits per heavy atom. The molecule has 0 bridgehead atoms. The van der Waals surface area contributed by atoms with Crippen molar-refractivity contribution >= 4 is 0 Å². The first-order valence-corrected chi connectivity index (χ1v) is 6.40. The van der Waals surface area contributed by atoms with Crippen LogP contribution < -0.4 is 5.32 Å². The maximum Gasteiger partial charge on any atom is 0.133 e. The van der Waals surface area contributed by atoms with Gasteiger partial charge in [-0.05, 0) is 32.4 Å². The molecule has 0 atom stereocenters. The molecule has 0 radical (unpaired) electrons. The molecule has 4 heteroatoms. The average Bonchev–Trinajstić information content (AvgIpc) is 2.55. The summed E-state index contributed by atoms with van der Waals surface area (Å²) in [6, 6.07) is 0. The van der Waals surface area contributed by atoms with E-state index in [1.165, 1.54) is 25.1 Å². The molecule has 16 heavy (non-hydrogen) atoms. The third-order valence-electron chi connectivity index (χ3n) is 3.33. The number of hydrogen-bond acceptors (Lipinski definition) is 3. The second kappa shape index (κ2) is 5.43. The van der Waals surface area contributed by atoms with Crippen molar-refractivity contribution in [3.8, 4) is 0 Å². The van der Waals surface area contributed by atoms with Gasteiger partial charge in [0.2, 0.25) is 0 Å². The van der Waals surface area contributed by atoms with Crippen LogP contribution in [0, 0.1) is 12.8 Å². The largest absolute Gasteiger partial charge is 0.316 e. The van der Waals surface area contributed by atoms with Crippen LogP contribution in [0.1, 0.15) is 37.8 Å². The molecule has 1 aromatic rings. The second-order valence-corrected chi connectivity index (χ2v) is 4.75. The van der Waals surface area contributed by atoms with Gasteiger partial charge in [-0.1, -0.05) is 19.8 Å². The molecule has 90 valence electrons. The van der Waals surface area contributed by atoms with Crippen LogP contribution in [0.4, 0.5) is 0 Å². The zero-order chi connectivity index (χ0) is 11.4. The van der Waals surface area contributed by atoms with Crippen molar-refractivity contribution in [1.29, 1.82) is 0 Å². The standard InChI is InChI=1S/C12H22N4/c1-3-4-5-6-16-10(2)14-15-12(16)7-11-8-13-9-11/h11,13H,3-9H2,1-2H3. The molecule has 1 fully saturated rings. The fraction of sp³-hybridized carbons (Fsp3) is 0.833. The lowest BCUT2D eigenvalue weighted by atomic mass is 9.99. The summed E-state index contributed by atoms with van der Waals surface area (Å²) < 4.78 is 2.30. The van der Waals surface area contributed by atoms with Crippen LogP contribution in [0.2, 0.25) is 0 Å². The Bertz CT molecular complexity index is 328. The Kier molecular flexibility index (Phi) is 3.93. The Morgan fingerprint density at radius 3 is 2.75 bits per heavy atom. The molecule has 1 aromatic heterocycles. The normalized spacial score (nSPS) is 16.4. The predicted molar refractivity (Wildman–Crippen MR) is 64.3 cm³/mol. The first-order valence-electron chi connectivity index (χ1n) is 6.40. The molecular weight excluding hydrogens is 200 g/mol. The van der Waals surface area contributed by atoms with E-state index in [0.717, 1.165) is 37.8 Å². The summed E-state index contributed by atoms with van der Waals surface area (Å²) in [5, 5.41) is 11.8. The van der Waals surface area contributed by atoms with Crippen LogP contribution in [0.25, 0.3) is 0 Å². The minimum absolute atomic E-state index is 0.772. The lowest BCUT2D eigenvalue weighted by Gasteiger charge is -2.26. The lowest BCUT2D eigenvalue weighted by Crippen LogP contribution is -2.43. The first-order chi connectivity index (χ1) is 7.81. The van der Waals surface area contributed by atoms with Gasteiger partial charge in [-0.15, -0.1) is 10.2 Å². The van der Waals surface area contributed by atoms with Crippen molar-refractivity contribution in [2.75, 3.05) is 13.1 Å². The van der Waals surface area contributed by atoms with E-state index in [2.05, 4.69) is 33.9 Å². The third kappa shape index (κ3) is 2.61. The fourth-order valence-corrected chi connectivity index (χ4v) is 2.14. The molecule has 2 rings (SSSR count). The first kappa shape index (κ1) is 11.6. The number of hydrogen-bond donors (Lipinski definition) is 1. The molecule has 1 saturated heterocycles.